The van der Waals surface area contributed by atoms with E-state index in [1.54, 1.807) is 12.1 Å². The minimum absolute atomic E-state index is 0.0266. The Balaban J connectivity index is 1.90. The summed E-state index contributed by atoms with van der Waals surface area (Å²) < 4.78 is 22.5. The van der Waals surface area contributed by atoms with E-state index < -0.39 is 9.84 Å². The summed E-state index contributed by atoms with van der Waals surface area (Å²) in [6.45, 7) is 0. The van der Waals surface area contributed by atoms with Crippen LogP contribution in [0.4, 0.5) is 0 Å². The van der Waals surface area contributed by atoms with E-state index in [2.05, 4.69) is 5.32 Å². The Morgan fingerprint density at radius 2 is 2.22 bits per heavy atom. The van der Waals surface area contributed by atoms with Gasteiger partial charge < -0.3 is 10.4 Å². The van der Waals surface area contributed by atoms with Crippen LogP contribution >= 0.6 is 0 Å². The van der Waals surface area contributed by atoms with Gasteiger partial charge in [0.25, 0.3) is 0 Å². The molecule has 1 aliphatic rings. The molecule has 1 fully saturated rings. The van der Waals surface area contributed by atoms with Gasteiger partial charge in [-0.05, 0) is 24.1 Å². The first kappa shape index (κ1) is 12.9. The van der Waals surface area contributed by atoms with Gasteiger partial charge in [-0.1, -0.05) is 12.1 Å². The number of carbonyl (C=O) groups excluding carboxylic acids is 1. The fourth-order valence-corrected chi connectivity index (χ4v) is 3.71. The molecule has 0 aromatic heterocycles. The van der Waals surface area contributed by atoms with Crippen LogP contribution in [0.5, 0.6) is 5.75 Å². The molecule has 1 aromatic rings. The normalized spacial score (nSPS) is 21.7. The number of hydrogen-bond acceptors (Lipinski definition) is 4. The third-order valence-electron chi connectivity index (χ3n) is 2.87. The molecule has 1 unspecified atom stereocenters. The number of phenols is 1. The number of amides is 1. The Kier molecular flexibility index (Phi) is 3.56. The average Bonchev–Trinajstić information content (AvgIpc) is 2.57. The van der Waals surface area contributed by atoms with Crippen LogP contribution in [0.25, 0.3) is 0 Å². The van der Waals surface area contributed by atoms with Gasteiger partial charge in [0.1, 0.15) is 5.75 Å². The van der Waals surface area contributed by atoms with Crippen molar-refractivity contribution in [2.24, 2.45) is 0 Å². The summed E-state index contributed by atoms with van der Waals surface area (Å²) in [5.74, 6) is 0.0644. The van der Waals surface area contributed by atoms with Crippen LogP contribution in [0, 0.1) is 0 Å². The van der Waals surface area contributed by atoms with E-state index in [1.807, 2.05) is 0 Å². The predicted molar refractivity (Wildman–Crippen MR) is 67.0 cm³/mol. The summed E-state index contributed by atoms with van der Waals surface area (Å²) in [5.41, 5.74) is 0.702. The molecule has 0 saturated carbocycles. The highest BCUT2D eigenvalue weighted by atomic mass is 32.2. The highest BCUT2D eigenvalue weighted by Crippen LogP contribution is 2.13. The van der Waals surface area contributed by atoms with E-state index in [4.69, 9.17) is 0 Å². The van der Waals surface area contributed by atoms with Gasteiger partial charge in [-0.2, -0.15) is 0 Å². The second-order valence-corrected chi connectivity index (χ2v) is 6.74. The zero-order chi connectivity index (χ0) is 13.2. The largest absolute Gasteiger partial charge is 0.508 e. The Labute approximate surface area is 106 Å². The number of rotatable bonds is 3. The highest BCUT2D eigenvalue weighted by Gasteiger charge is 2.28. The molecule has 0 bridgehead atoms. The van der Waals surface area contributed by atoms with Crippen molar-refractivity contribution in [2.75, 3.05) is 11.5 Å². The van der Waals surface area contributed by atoms with Crippen molar-refractivity contribution in [3.8, 4) is 5.75 Å². The molecule has 1 aliphatic heterocycles. The topological polar surface area (TPSA) is 83.5 Å². The summed E-state index contributed by atoms with van der Waals surface area (Å²) in [5, 5.41) is 12.0. The lowest BCUT2D eigenvalue weighted by Gasteiger charge is -2.10. The van der Waals surface area contributed by atoms with Gasteiger partial charge in [-0.15, -0.1) is 0 Å². The summed E-state index contributed by atoms with van der Waals surface area (Å²) in [6, 6.07) is 6.18. The second kappa shape index (κ2) is 4.97. The van der Waals surface area contributed by atoms with Gasteiger partial charge in [-0.3, -0.25) is 4.79 Å². The average molecular weight is 269 g/mol. The highest BCUT2D eigenvalue weighted by molar-refractivity contribution is 7.91. The van der Waals surface area contributed by atoms with Crippen LogP contribution in [0.3, 0.4) is 0 Å². The van der Waals surface area contributed by atoms with Gasteiger partial charge in [0.2, 0.25) is 5.91 Å². The molecule has 1 heterocycles. The molecule has 98 valence electrons. The lowest BCUT2D eigenvalue weighted by Crippen LogP contribution is -2.36. The maximum absolute atomic E-state index is 11.7. The molecule has 5 nitrogen and oxygen atoms in total. The van der Waals surface area contributed by atoms with Crippen molar-refractivity contribution in [1.29, 1.82) is 0 Å². The predicted octanol–water partition coefficient (Wildman–Crippen LogP) is 0.238. The van der Waals surface area contributed by atoms with Gasteiger partial charge in [0, 0.05) is 6.04 Å². The van der Waals surface area contributed by atoms with Gasteiger partial charge in [0.05, 0.1) is 17.9 Å². The first-order chi connectivity index (χ1) is 8.44. The van der Waals surface area contributed by atoms with E-state index in [1.165, 1.54) is 12.1 Å². The maximum atomic E-state index is 11.7. The molecule has 2 N–H and O–H groups in total. The van der Waals surface area contributed by atoms with Crippen molar-refractivity contribution >= 4 is 15.7 Å². The summed E-state index contributed by atoms with van der Waals surface area (Å²) >= 11 is 0. The molecule has 18 heavy (non-hydrogen) atoms. The van der Waals surface area contributed by atoms with Crippen molar-refractivity contribution in [1.82, 2.24) is 5.32 Å². The van der Waals surface area contributed by atoms with Crippen molar-refractivity contribution < 1.29 is 18.3 Å². The number of sulfone groups is 1. The molecule has 1 aromatic carbocycles. The van der Waals surface area contributed by atoms with Crippen LogP contribution < -0.4 is 5.32 Å². The number of nitrogens with one attached hydrogen (secondary N) is 1. The fraction of sp³-hybridized carbons (Fsp3) is 0.417. The molecule has 0 radical (unpaired) electrons. The number of aromatic hydroxyl groups is 1. The van der Waals surface area contributed by atoms with Gasteiger partial charge in [-0.25, -0.2) is 8.42 Å². The second-order valence-electron chi connectivity index (χ2n) is 4.51. The number of benzene rings is 1. The van der Waals surface area contributed by atoms with E-state index in [9.17, 15) is 18.3 Å². The Morgan fingerprint density at radius 3 is 2.83 bits per heavy atom. The van der Waals surface area contributed by atoms with Gasteiger partial charge in [0.15, 0.2) is 9.84 Å². The van der Waals surface area contributed by atoms with Crippen LogP contribution in [0.1, 0.15) is 12.0 Å². The third kappa shape index (κ3) is 3.46. The zero-order valence-electron chi connectivity index (χ0n) is 9.80. The van der Waals surface area contributed by atoms with E-state index in [0.29, 0.717) is 12.0 Å². The lowest BCUT2D eigenvalue weighted by atomic mass is 10.1. The van der Waals surface area contributed by atoms with Crippen molar-refractivity contribution in [3.63, 3.8) is 0 Å². The van der Waals surface area contributed by atoms with Crippen LogP contribution in [0.2, 0.25) is 0 Å². The molecule has 0 spiro atoms. The SMILES string of the molecule is O=C(Cc1cccc(O)c1)NC1CCS(=O)(=O)C1. The number of carbonyl (C=O) groups is 1. The summed E-state index contributed by atoms with van der Waals surface area (Å²) in [6.07, 6.45) is 0.624. The van der Waals surface area contributed by atoms with E-state index >= 15 is 0 Å². The van der Waals surface area contributed by atoms with Crippen molar-refractivity contribution in [3.05, 3.63) is 29.8 Å². The molecule has 0 aliphatic carbocycles. The molecular formula is C12H15NO4S. The van der Waals surface area contributed by atoms with Crippen molar-refractivity contribution in [2.45, 2.75) is 18.9 Å². The molecule has 1 atom stereocenters. The minimum atomic E-state index is -2.98. The van der Waals surface area contributed by atoms with E-state index in [0.717, 1.165) is 0 Å². The van der Waals surface area contributed by atoms with Crippen LogP contribution in [-0.4, -0.2) is 37.0 Å². The zero-order valence-corrected chi connectivity index (χ0v) is 10.6. The molecule has 2 rings (SSSR count). The number of hydrogen-bond donors (Lipinski definition) is 2. The number of phenolic OH excluding ortho intramolecular Hbond substituents is 1. The first-order valence-electron chi connectivity index (χ1n) is 5.72. The van der Waals surface area contributed by atoms with Gasteiger partial charge >= 0.3 is 0 Å². The first-order valence-corrected chi connectivity index (χ1v) is 7.54. The summed E-state index contributed by atoms with van der Waals surface area (Å²) in [4.78, 5) is 11.7. The standard InChI is InChI=1S/C12H15NO4S/c14-11-3-1-2-9(6-11)7-12(15)13-10-4-5-18(16,17)8-10/h1-3,6,10,14H,4-5,7-8H2,(H,13,15). The fourth-order valence-electron chi connectivity index (χ4n) is 2.04. The molecule has 6 heteroatoms. The third-order valence-corrected chi connectivity index (χ3v) is 4.64. The monoisotopic (exact) mass is 269 g/mol. The molecule has 1 amide bonds. The minimum Gasteiger partial charge on any atom is -0.508 e. The molecule has 1 saturated heterocycles. The van der Waals surface area contributed by atoms with Crippen LogP contribution in [-0.2, 0) is 21.1 Å². The smallest absolute Gasteiger partial charge is 0.224 e. The lowest BCUT2D eigenvalue weighted by molar-refractivity contribution is -0.120. The molecular weight excluding hydrogens is 254 g/mol. The Morgan fingerprint density at radius 1 is 1.44 bits per heavy atom. The maximum Gasteiger partial charge on any atom is 0.224 e. The quantitative estimate of drug-likeness (QED) is 0.823. The summed E-state index contributed by atoms with van der Waals surface area (Å²) in [7, 11) is -2.98. The van der Waals surface area contributed by atoms with E-state index in [-0.39, 0.29) is 35.6 Å². The van der Waals surface area contributed by atoms with Crippen LogP contribution in [0.15, 0.2) is 24.3 Å². The Hall–Kier alpha value is -1.56. The Bertz CT molecular complexity index is 553.